The van der Waals surface area contributed by atoms with Crippen LogP contribution in [-0.2, 0) is 20.9 Å². The van der Waals surface area contributed by atoms with Crippen molar-refractivity contribution in [3.63, 3.8) is 0 Å². The summed E-state index contributed by atoms with van der Waals surface area (Å²) in [4.78, 5) is 25.9. The number of benzene rings is 2. The molecule has 3 aromatic rings. The highest BCUT2D eigenvalue weighted by Crippen LogP contribution is 2.25. The molecular weight excluding hydrogens is 449 g/mol. The zero-order valence-corrected chi connectivity index (χ0v) is 19.2. The van der Waals surface area contributed by atoms with E-state index >= 15 is 0 Å². The van der Waals surface area contributed by atoms with Crippen LogP contribution in [-0.4, -0.2) is 47.3 Å². The lowest BCUT2D eigenvalue weighted by atomic mass is 10.2. The highest BCUT2D eigenvalue weighted by molar-refractivity contribution is 6.31. The number of carbonyl (C=O) groups is 2. The van der Waals surface area contributed by atoms with Crippen molar-refractivity contribution in [1.29, 1.82) is 0 Å². The maximum atomic E-state index is 13.2. The van der Waals surface area contributed by atoms with Gasteiger partial charge in [-0.1, -0.05) is 29.8 Å². The van der Waals surface area contributed by atoms with Crippen molar-refractivity contribution in [3.05, 3.63) is 82.4 Å². The van der Waals surface area contributed by atoms with E-state index < -0.39 is 12.6 Å². The van der Waals surface area contributed by atoms with Crippen LogP contribution < -0.4 is 4.74 Å². The number of aromatic nitrogens is 2. The summed E-state index contributed by atoms with van der Waals surface area (Å²) >= 11 is 6.39. The molecule has 2 aromatic carbocycles. The van der Waals surface area contributed by atoms with Crippen LogP contribution in [0, 0.1) is 12.7 Å². The second-order valence-electron chi connectivity index (χ2n) is 7.18. The average molecular weight is 472 g/mol. The standard InChI is InChI=1S/C24H23ClFN3O4/c1-16-20(24(25)29(27-16)19-10-8-18(26)9-11-19)12-13-23(31)33-15-22(30)28(2)14-17-6-4-5-7-21(17)32-3/h4-13H,14-15H2,1-3H3/b13-12+. The summed E-state index contributed by atoms with van der Waals surface area (Å²) in [7, 11) is 3.18. The second kappa shape index (κ2) is 10.8. The summed E-state index contributed by atoms with van der Waals surface area (Å²) in [6, 6.07) is 13.1. The SMILES string of the molecule is COc1ccccc1CN(C)C(=O)COC(=O)/C=C/c1c(C)nn(-c2ccc(F)cc2)c1Cl. The van der Waals surface area contributed by atoms with E-state index in [4.69, 9.17) is 21.1 Å². The molecule has 0 atom stereocenters. The molecule has 9 heteroatoms. The Morgan fingerprint density at radius 1 is 1.18 bits per heavy atom. The fourth-order valence-corrected chi connectivity index (χ4v) is 3.41. The molecular formula is C24H23ClFN3O4. The van der Waals surface area contributed by atoms with Gasteiger partial charge in [-0.05, 0) is 43.3 Å². The molecule has 1 amide bonds. The molecule has 0 aliphatic rings. The number of amides is 1. The third-order valence-corrected chi connectivity index (χ3v) is 5.23. The normalized spacial score (nSPS) is 10.9. The summed E-state index contributed by atoms with van der Waals surface area (Å²) in [5.41, 5.74) is 2.50. The average Bonchev–Trinajstić information content (AvgIpc) is 3.09. The van der Waals surface area contributed by atoms with Gasteiger partial charge in [0.2, 0.25) is 0 Å². The summed E-state index contributed by atoms with van der Waals surface area (Å²) in [5, 5.41) is 4.59. The van der Waals surface area contributed by atoms with E-state index in [-0.39, 0.29) is 16.9 Å². The van der Waals surface area contributed by atoms with Gasteiger partial charge in [-0.15, -0.1) is 0 Å². The molecule has 1 aromatic heterocycles. The third-order valence-electron chi connectivity index (χ3n) is 4.87. The number of rotatable bonds is 8. The topological polar surface area (TPSA) is 73.7 Å². The number of carbonyl (C=O) groups excluding carboxylic acids is 2. The minimum absolute atomic E-state index is 0.260. The third kappa shape index (κ3) is 5.98. The minimum Gasteiger partial charge on any atom is -0.496 e. The van der Waals surface area contributed by atoms with Gasteiger partial charge in [-0.3, -0.25) is 4.79 Å². The molecule has 172 valence electrons. The van der Waals surface area contributed by atoms with Crippen LogP contribution in [0.4, 0.5) is 4.39 Å². The maximum absolute atomic E-state index is 13.2. The van der Waals surface area contributed by atoms with E-state index in [9.17, 15) is 14.0 Å². The Labute approximate surface area is 196 Å². The van der Waals surface area contributed by atoms with Gasteiger partial charge in [0.05, 0.1) is 18.5 Å². The van der Waals surface area contributed by atoms with Gasteiger partial charge >= 0.3 is 5.97 Å². The summed E-state index contributed by atoms with van der Waals surface area (Å²) in [6.07, 6.45) is 2.65. The van der Waals surface area contributed by atoms with Crippen molar-refractivity contribution < 1.29 is 23.5 Å². The fraction of sp³-hybridized carbons (Fsp3) is 0.208. The smallest absolute Gasteiger partial charge is 0.331 e. The molecule has 7 nitrogen and oxygen atoms in total. The predicted molar refractivity (Wildman–Crippen MR) is 123 cm³/mol. The zero-order valence-electron chi connectivity index (χ0n) is 18.4. The molecule has 3 rings (SSSR count). The number of esters is 1. The molecule has 0 aliphatic carbocycles. The van der Waals surface area contributed by atoms with E-state index in [1.54, 1.807) is 33.2 Å². The van der Waals surface area contributed by atoms with Gasteiger partial charge in [-0.25, -0.2) is 13.9 Å². The molecule has 0 fully saturated rings. The maximum Gasteiger partial charge on any atom is 0.331 e. The van der Waals surface area contributed by atoms with Crippen molar-refractivity contribution in [3.8, 4) is 11.4 Å². The Morgan fingerprint density at radius 2 is 1.88 bits per heavy atom. The van der Waals surface area contributed by atoms with E-state index in [1.807, 2.05) is 24.3 Å². The molecule has 0 bridgehead atoms. The molecule has 0 aliphatic heterocycles. The molecule has 1 heterocycles. The van der Waals surface area contributed by atoms with Gasteiger partial charge < -0.3 is 14.4 Å². The Morgan fingerprint density at radius 3 is 2.58 bits per heavy atom. The summed E-state index contributed by atoms with van der Waals surface area (Å²) in [6.45, 7) is 1.64. The quantitative estimate of drug-likeness (QED) is 0.363. The minimum atomic E-state index is -0.695. The number of ether oxygens (including phenoxy) is 2. The Bertz CT molecular complexity index is 1170. The predicted octanol–water partition coefficient (Wildman–Crippen LogP) is 4.20. The number of nitrogens with zero attached hydrogens (tertiary/aromatic N) is 3. The molecule has 0 N–H and O–H groups in total. The van der Waals surface area contributed by atoms with Gasteiger partial charge in [0.1, 0.15) is 16.7 Å². The molecule has 0 radical (unpaired) electrons. The van der Waals surface area contributed by atoms with Crippen LogP contribution in [0.25, 0.3) is 11.8 Å². The van der Waals surface area contributed by atoms with E-state index in [1.165, 1.54) is 33.9 Å². The van der Waals surface area contributed by atoms with Crippen molar-refractivity contribution in [2.75, 3.05) is 20.8 Å². The van der Waals surface area contributed by atoms with E-state index in [0.717, 1.165) is 5.56 Å². The van der Waals surface area contributed by atoms with Gasteiger partial charge in [0.25, 0.3) is 5.91 Å². The van der Waals surface area contributed by atoms with Crippen molar-refractivity contribution in [2.45, 2.75) is 13.5 Å². The van der Waals surface area contributed by atoms with Crippen LogP contribution in [0.1, 0.15) is 16.8 Å². The van der Waals surface area contributed by atoms with Crippen molar-refractivity contribution >= 4 is 29.6 Å². The lowest BCUT2D eigenvalue weighted by Gasteiger charge is -2.18. The first-order valence-electron chi connectivity index (χ1n) is 10.0. The Hall–Kier alpha value is -3.65. The molecule has 0 spiro atoms. The van der Waals surface area contributed by atoms with Crippen molar-refractivity contribution in [2.24, 2.45) is 0 Å². The van der Waals surface area contributed by atoms with Crippen LogP contribution in [0.3, 0.4) is 0 Å². The summed E-state index contributed by atoms with van der Waals surface area (Å²) < 4.78 is 25.0. The number of hydrogen-bond acceptors (Lipinski definition) is 5. The molecule has 0 saturated carbocycles. The number of hydrogen-bond donors (Lipinski definition) is 0. The van der Waals surface area contributed by atoms with Crippen LogP contribution in [0.5, 0.6) is 5.75 Å². The Balaban J connectivity index is 1.59. The van der Waals surface area contributed by atoms with Crippen LogP contribution in [0.2, 0.25) is 5.15 Å². The van der Waals surface area contributed by atoms with E-state index in [2.05, 4.69) is 5.10 Å². The Kier molecular flexibility index (Phi) is 7.84. The number of likely N-dealkylation sites (N-methyl/N-ethyl adjacent to an activating group) is 1. The first-order valence-corrected chi connectivity index (χ1v) is 10.4. The fourth-order valence-electron chi connectivity index (χ4n) is 3.07. The first-order chi connectivity index (χ1) is 15.8. The van der Waals surface area contributed by atoms with Gasteiger partial charge in [0, 0.05) is 30.8 Å². The number of methoxy groups -OCH3 is 1. The lowest BCUT2D eigenvalue weighted by Crippen LogP contribution is -2.30. The lowest BCUT2D eigenvalue weighted by molar-refractivity contribution is -0.147. The van der Waals surface area contributed by atoms with Gasteiger partial charge in [-0.2, -0.15) is 5.10 Å². The highest BCUT2D eigenvalue weighted by Gasteiger charge is 2.15. The molecule has 33 heavy (non-hydrogen) atoms. The molecule has 0 saturated heterocycles. The van der Waals surface area contributed by atoms with Crippen molar-refractivity contribution in [1.82, 2.24) is 14.7 Å². The first kappa shape index (κ1) is 24.0. The zero-order chi connectivity index (χ0) is 24.0. The number of halogens is 2. The summed E-state index contributed by atoms with van der Waals surface area (Å²) in [5.74, 6) is -0.754. The van der Waals surface area contributed by atoms with Gasteiger partial charge in [0.15, 0.2) is 6.61 Å². The molecule has 0 unspecified atom stereocenters. The highest BCUT2D eigenvalue weighted by atomic mass is 35.5. The van der Waals surface area contributed by atoms with E-state index in [0.29, 0.717) is 29.2 Å². The number of para-hydroxylation sites is 1. The van der Waals surface area contributed by atoms with Crippen LogP contribution in [0.15, 0.2) is 54.6 Å². The monoisotopic (exact) mass is 471 g/mol. The van der Waals surface area contributed by atoms with Crippen LogP contribution >= 0.6 is 11.6 Å². The second-order valence-corrected chi connectivity index (χ2v) is 7.54. The number of aryl methyl sites for hydroxylation is 1. The largest absolute Gasteiger partial charge is 0.496 e.